The van der Waals surface area contributed by atoms with Crippen LogP contribution in [0.3, 0.4) is 0 Å². The van der Waals surface area contributed by atoms with E-state index in [1.54, 1.807) is 6.08 Å². The van der Waals surface area contributed by atoms with Gasteiger partial charge >= 0.3 is 0 Å². The van der Waals surface area contributed by atoms with Crippen LogP contribution in [0.1, 0.15) is 58.5 Å². The molecular formula is C45H42N2O3S2. The molecule has 0 fully saturated rings. The molecular weight excluding hydrogens is 681 g/mol. The highest BCUT2D eigenvalue weighted by atomic mass is 32.2. The number of thiophene rings is 1. The van der Waals surface area contributed by atoms with Gasteiger partial charge in [0.25, 0.3) is 5.04 Å². The molecule has 2 aliphatic carbocycles. The lowest BCUT2D eigenvalue weighted by atomic mass is 9.94. The summed E-state index contributed by atoms with van der Waals surface area (Å²) in [5.41, 5.74) is 12.1. The first kappa shape index (κ1) is 35.4. The predicted octanol–water partition coefficient (Wildman–Crippen LogP) is 10.3. The molecule has 0 N–H and O–H groups in total. The normalized spacial score (nSPS) is 18.8. The Bertz CT molecular complexity index is 2340. The zero-order valence-electron chi connectivity index (χ0n) is 30.9. The van der Waals surface area contributed by atoms with Crippen LogP contribution in [-0.2, 0) is 9.59 Å². The predicted molar refractivity (Wildman–Crippen MR) is 217 cm³/mol. The molecule has 0 amide bonds. The van der Waals surface area contributed by atoms with Crippen LogP contribution in [0.25, 0.3) is 5.57 Å². The molecule has 5 nitrogen and oxygen atoms in total. The molecule has 1 atom stereocenters. The van der Waals surface area contributed by atoms with Crippen molar-refractivity contribution in [2.75, 3.05) is 4.90 Å². The fourth-order valence-electron chi connectivity index (χ4n) is 7.39. The summed E-state index contributed by atoms with van der Waals surface area (Å²) in [6.45, 7) is 16.9. The number of carbonyl (C=O) groups is 2. The molecule has 1 aromatic heterocycles. The van der Waals surface area contributed by atoms with Gasteiger partial charge in [0.05, 0.1) is 0 Å². The molecule has 3 aliphatic rings. The summed E-state index contributed by atoms with van der Waals surface area (Å²) in [5, 5.41) is 15.9. The highest BCUT2D eigenvalue weighted by Gasteiger charge is 2.38. The smallest absolute Gasteiger partial charge is 0.251 e. The van der Waals surface area contributed by atoms with Crippen LogP contribution in [0.4, 0.5) is 22.1 Å². The minimum atomic E-state index is -0.748. The molecule has 0 radical (unpaired) electrons. The van der Waals surface area contributed by atoms with Crippen molar-refractivity contribution in [1.82, 2.24) is 4.58 Å². The lowest BCUT2D eigenvalue weighted by Crippen LogP contribution is -2.19. The Morgan fingerprint density at radius 3 is 1.90 bits per heavy atom. The van der Waals surface area contributed by atoms with E-state index in [1.807, 2.05) is 18.2 Å². The van der Waals surface area contributed by atoms with Crippen LogP contribution in [0, 0.1) is 47.5 Å². The molecule has 0 saturated heterocycles. The van der Waals surface area contributed by atoms with Crippen molar-refractivity contribution in [3.8, 4) is 0 Å². The van der Waals surface area contributed by atoms with Gasteiger partial charge in [0.2, 0.25) is 22.9 Å². The monoisotopic (exact) mass is 722 g/mol. The Hall–Kier alpha value is -4.98. The third kappa shape index (κ3) is 6.37. The SMILES string of the molecule is CC1=C(N(c2ccc(C3=C([O-])/C(=C4\C=CC(=[N+](c5ccc(C)cc5C)c5ccc(C)cc5C)S4)C(=O)C3=O)s2)c2ccc(C)cc2C)C=CC(C)C1. The zero-order chi connectivity index (χ0) is 37.0. The van der Waals surface area contributed by atoms with Crippen molar-refractivity contribution in [2.45, 2.75) is 61.8 Å². The van der Waals surface area contributed by atoms with E-state index in [1.165, 1.54) is 45.4 Å². The number of carbonyl (C=O) groups excluding carboxylic acids is 2. The van der Waals surface area contributed by atoms with Crippen molar-refractivity contribution < 1.29 is 14.7 Å². The van der Waals surface area contributed by atoms with Gasteiger partial charge in [-0.1, -0.05) is 59.7 Å². The number of aryl methyl sites for hydroxylation is 6. The second-order valence-corrected chi connectivity index (χ2v) is 16.4. The number of Topliss-reactive ketones (excluding diaryl/α,β-unsaturated/α-hetero) is 2. The summed E-state index contributed by atoms with van der Waals surface area (Å²) in [5.74, 6) is -1.56. The van der Waals surface area contributed by atoms with E-state index in [4.69, 9.17) is 0 Å². The summed E-state index contributed by atoms with van der Waals surface area (Å²) >= 11 is 2.72. The Kier molecular flexibility index (Phi) is 9.45. The quantitative estimate of drug-likeness (QED) is 0.113. The van der Waals surface area contributed by atoms with Crippen molar-refractivity contribution in [3.05, 3.63) is 157 Å². The first-order valence-corrected chi connectivity index (χ1v) is 19.2. The zero-order valence-corrected chi connectivity index (χ0v) is 32.5. The Morgan fingerprint density at radius 1 is 0.712 bits per heavy atom. The van der Waals surface area contributed by atoms with Gasteiger partial charge in [-0.3, -0.25) is 9.59 Å². The molecule has 3 aromatic carbocycles. The average molecular weight is 723 g/mol. The number of nitrogens with zero attached hydrogens (tertiary/aromatic N) is 2. The van der Waals surface area contributed by atoms with Crippen LogP contribution >= 0.6 is 23.1 Å². The summed E-state index contributed by atoms with van der Waals surface area (Å²) in [4.78, 5) is 30.6. The maximum Gasteiger partial charge on any atom is 0.251 e. The average Bonchev–Trinajstić information content (AvgIpc) is 3.80. The number of allylic oxidation sites excluding steroid dienone is 6. The lowest BCUT2D eigenvalue weighted by molar-refractivity contribution is -0.294. The van der Waals surface area contributed by atoms with Crippen molar-refractivity contribution >= 4 is 67.3 Å². The molecule has 4 aromatic rings. The van der Waals surface area contributed by atoms with E-state index < -0.39 is 17.3 Å². The number of thioether (sulfide) groups is 1. The van der Waals surface area contributed by atoms with Gasteiger partial charge in [-0.25, -0.2) is 0 Å². The number of rotatable bonds is 6. The maximum absolute atomic E-state index is 14.2. The van der Waals surface area contributed by atoms with Gasteiger partial charge in [-0.2, -0.15) is 0 Å². The fourth-order valence-corrected chi connectivity index (χ4v) is 9.54. The fraction of sp³-hybridized carbons (Fsp3) is 0.222. The minimum absolute atomic E-state index is 0.0501. The molecule has 7 heteroatoms. The number of hydrogen-bond acceptors (Lipinski definition) is 6. The molecule has 0 saturated carbocycles. The molecule has 1 unspecified atom stereocenters. The number of hydrogen-bond donors (Lipinski definition) is 0. The van der Waals surface area contributed by atoms with Crippen molar-refractivity contribution in [1.29, 1.82) is 0 Å². The Morgan fingerprint density at radius 2 is 1.31 bits per heavy atom. The number of anilines is 2. The van der Waals surface area contributed by atoms with Gasteiger partial charge in [0, 0.05) is 61.6 Å². The summed E-state index contributed by atoms with van der Waals surface area (Å²) in [6, 6.07) is 22.8. The highest BCUT2D eigenvalue weighted by molar-refractivity contribution is 8.18. The topological polar surface area (TPSA) is 63.4 Å². The molecule has 262 valence electrons. The van der Waals surface area contributed by atoms with Crippen LogP contribution in [-0.4, -0.2) is 16.6 Å². The van der Waals surface area contributed by atoms with Crippen LogP contribution in [0.5, 0.6) is 0 Å². The Balaban J connectivity index is 1.32. The first-order chi connectivity index (χ1) is 24.8. The third-order valence-electron chi connectivity index (χ3n) is 9.90. The van der Waals surface area contributed by atoms with E-state index >= 15 is 0 Å². The second-order valence-electron chi connectivity index (χ2n) is 14.3. The van der Waals surface area contributed by atoms with Gasteiger partial charge < -0.3 is 10.0 Å². The molecule has 52 heavy (non-hydrogen) atoms. The number of benzene rings is 3. The van der Waals surface area contributed by atoms with E-state index in [9.17, 15) is 14.7 Å². The van der Waals surface area contributed by atoms with E-state index in [0.717, 1.165) is 55.9 Å². The second kappa shape index (κ2) is 13.9. The van der Waals surface area contributed by atoms with Crippen molar-refractivity contribution in [2.24, 2.45) is 5.92 Å². The van der Waals surface area contributed by atoms with Crippen LogP contribution in [0.15, 0.2) is 119 Å². The highest BCUT2D eigenvalue weighted by Crippen LogP contribution is 2.45. The molecule has 7 rings (SSSR count). The number of ketones is 2. The summed E-state index contributed by atoms with van der Waals surface area (Å²) < 4.78 is 2.18. The first-order valence-electron chi connectivity index (χ1n) is 17.6. The maximum atomic E-state index is 14.2. The van der Waals surface area contributed by atoms with Crippen LogP contribution in [0.2, 0.25) is 0 Å². The molecule has 0 bridgehead atoms. The lowest BCUT2D eigenvalue weighted by Gasteiger charge is -2.30. The standard InChI is InChI=1S/C45H42N2O3S2/c1-25-9-13-33(29(5)21-25)46(34-14-10-26(2)22-30(34)6)39-19-17-37(51-39)41-43(48)42(45(50)44(41)49)38-18-20-40(52-38)47(35-15-11-27(3)23-31(35)7)36-16-12-28(4)24-32(36)8/h9-23,28H,24H2,1-8H3. The van der Waals surface area contributed by atoms with Gasteiger partial charge in [-0.15, -0.1) is 15.9 Å². The molecule has 1 aliphatic heterocycles. The minimum Gasteiger partial charge on any atom is -0.871 e. The van der Waals surface area contributed by atoms with E-state index in [0.29, 0.717) is 15.7 Å². The van der Waals surface area contributed by atoms with Crippen LogP contribution < -0.4 is 14.6 Å². The van der Waals surface area contributed by atoms with E-state index in [-0.39, 0.29) is 11.1 Å². The van der Waals surface area contributed by atoms with Gasteiger partial charge in [0.15, 0.2) is 0 Å². The summed E-state index contributed by atoms with van der Waals surface area (Å²) in [6.07, 6.45) is 9.08. The van der Waals surface area contributed by atoms with Gasteiger partial charge in [0.1, 0.15) is 5.00 Å². The largest absolute Gasteiger partial charge is 0.871 e. The molecule has 0 spiro atoms. The van der Waals surface area contributed by atoms with Gasteiger partial charge in [-0.05, 0) is 126 Å². The van der Waals surface area contributed by atoms with Crippen molar-refractivity contribution in [3.63, 3.8) is 0 Å². The Labute approximate surface area is 314 Å². The van der Waals surface area contributed by atoms with E-state index in [2.05, 4.69) is 132 Å². The third-order valence-corrected chi connectivity index (χ3v) is 12.1. The molecule has 2 heterocycles. The summed E-state index contributed by atoms with van der Waals surface area (Å²) in [7, 11) is 0.